The van der Waals surface area contributed by atoms with Crippen molar-refractivity contribution in [3.8, 4) is 5.88 Å². The highest BCUT2D eigenvalue weighted by atomic mass is 35.5. The molecular weight excluding hydrogens is 275 g/mol. The van der Waals surface area contributed by atoms with Gasteiger partial charge in [-0.3, -0.25) is 0 Å². The van der Waals surface area contributed by atoms with Gasteiger partial charge in [-0.05, 0) is 25.7 Å². The Kier molecular flexibility index (Phi) is 7.98. The molecule has 5 nitrogen and oxygen atoms in total. The van der Waals surface area contributed by atoms with Gasteiger partial charge in [0.05, 0.1) is 0 Å². The molecule has 0 saturated heterocycles. The first-order chi connectivity index (χ1) is 7.78. The highest BCUT2D eigenvalue weighted by Gasteiger charge is 2.20. The lowest BCUT2D eigenvalue weighted by Gasteiger charge is -2.26. The Hall–Kier alpha value is -0.780. The van der Waals surface area contributed by atoms with Crippen molar-refractivity contribution < 1.29 is 4.74 Å². The topological polar surface area (TPSA) is 73.1 Å². The van der Waals surface area contributed by atoms with Crippen molar-refractivity contribution in [2.45, 2.75) is 37.8 Å². The minimum absolute atomic E-state index is 0. The third-order valence-corrected chi connectivity index (χ3v) is 2.86. The predicted octanol–water partition coefficient (Wildman–Crippen LogP) is 2.01. The normalized spacial score (nSPS) is 22.3. The molecule has 0 bridgehead atoms. The van der Waals surface area contributed by atoms with Crippen LogP contribution in [0.4, 0.5) is 5.95 Å². The van der Waals surface area contributed by atoms with Crippen molar-refractivity contribution in [3.63, 3.8) is 0 Å². The summed E-state index contributed by atoms with van der Waals surface area (Å²) in [6.07, 6.45) is 6.05. The molecule has 0 aromatic carbocycles. The van der Waals surface area contributed by atoms with Crippen molar-refractivity contribution in [1.82, 2.24) is 9.97 Å². The molecule has 1 fully saturated rings. The van der Waals surface area contributed by atoms with Gasteiger partial charge in [0.25, 0.3) is 0 Å². The molecule has 1 saturated carbocycles. The molecule has 0 spiro atoms. The first-order valence-corrected chi connectivity index (χ1v) is 5.71. The van der Waals surface area contributed by atoms with Crippen LogP contribution in [0, 0.1) is 0 Å². The van der Waals surface area contributed by atoms with Gasteiger partial charge < -0.3 is 15.8 Å². The molecule has 18 heavy (non-hydrogen) atoms. The van der Waals surface area contributed by atoms with Gasteiger partial charge in [-0.15, -0.1) is 24.8 Å². The minimum Gasteiger partial charge on any atom is -0.474 e. The Morgan fingerprint density at radius 2 is 1.94 bits per heavy atom. The van der Waals surface area contributed by atoms with Crippen molar-refractivity contribution >= 4 is 30.8 Å². The van der Waals surface area contributed by atoms with Crippen molar-refractivity contribution in [1.29, 1.82) is 0 Å². The van der Waals surface area contributed by atoms with Gasteiger partial charge in [0.2, 0.25) is 11.8 Å². The summed E-state index contributed by atoms with van der Waals surface area (Å²) in [5, 5.41) is 2.89. The Morgan fingerprint density at radius 1 is 1.28 bits per heavy atom. The molecule has 0 unspecified atom stereocenters. The number of nitrogens with zero attached hydrogens (tertiary/aromatic N) is 2. The van der Waals surface area contributed by atoms with Gasteiger partial charge in [0.1, 0.15) is 6.10 Å². The van der Waals surface area contributed by atoms with Crippen molar-refractivity contribution in [3.05, 3.63) is 12.3 Å². The zero-order valence-electron chi connectivity index (χ0n) is 10.3. The van der Waals surface area contributed by atoms with Gasteiger partial charge in [0, 0.05) is 25.4 Å². The van der Waals surface area contributed by atoms with Crippen LogP contribution in [0.25, 0.3) is 0 Å². The smallest absolute Gasteiger partial charge is 0.225 e. The second-order valence-electron chi connectivity index (χ2n) is 4.12. The van der Waals surface area contributed by atoms with E-state index in [1.54, 1.807) is 19.3 Å². The van der Waals surface area contributed by atoms with Crippen molar-refractivity contribution in [2.75, 3.05) is 12.4 Å². The molecule has 1 aliphatic carbocycles. The van der Waals surface area contributed by atoms with Gasteiger partial charge >= 0.3 is 0 Å². The van der Waals surface area contributed by atoms with E-state index in [4.69, 9.17) is 10.5 Å². The largest absolute Gasteiger partial charge is 0.474 e. The second kappa shape index (κ2) is 8.34. The van der Waals surface area contributed by atoms with Crippen LogP contribution in [0.2, 0.25) is 0 Å². The number of rotatable bonds is 3. The Balaban J connectivity index is 0.00000144. The van der Waals surface area contributed by atoms with Gasteiger partial charge in [0.15, 0.2) is 0 Å². The number of halogens is 2. The molecular formula is C11H20Cl2N4O. The fraction of sp³-hybridized carbons (Fsp3) is 0.636. The Labute approximate surface area is 120 Å². The Morgan fingerprint density at radius 3 is 2.56 bits per heavy atom. The number of ether oxygens (including phenoxy) is 1. The highest BCUT2D eigenvalue weighted by Crippen LogP contribution is 2.21. The number of aromatic nitrogens is 2. The zero-order chi connectivity index (χ0) is 11.4. The van der Waals surface area contributed by atoms with Crippen LogP contribution < -0.4 is 15.8 Å². The van der Waals surface area contributed by atoms with Crippen LogP contribution in [0.15, 0.2) is 12.3 Å². The van der Waals surface area contributed by atoms with E-state index in [0.29, 0.717) is 17.9 Å². The zero-order valence-corrected chi connectivity index (χ0v) is 12.0. The monoisotopic (exact) mass is 294 g/mol. The van der Waals surface area contributed by atoms with E-state index < -0.39 is 0 Å². The summed E-state index contributed by atoms with van der Waals surface area (Å²) in [6.45, 7) is 0. The molecule has 0 atom stereocenters. The predicted molar refractivity (Wildman–Crippen MR) is 76.9 cm³/mol. The maximum absolute atomic E-state index is 5.84. The summed E-state index contributed by atoms with van der Waals surface area (Å²) < 4.78 is 5.80. The molecule has 0 amide bonds. The SMILES string of the molecule is CNc1nccc(OC2CCC(N)CC2)n1.Cl.Cl. The van der Waals surface area contributed by atoms with E-state index in [1.165, 1.54) is 0 Å². The van der Waals surface area contributed by atoms with Gasteiger partial charge in [-0.1, -0.05) is 0 Å². The van der Waals surface area contributed by atoms with Crippen LogP contribution >= 0.6 is 24.8 Å². The molecule has 7 heteroatoms. The van der Waals surface area contributed by atoms with E-state index in [0.717, 1.165) is 25.7 Å². The van der Waals surface area contributed by atoms with Crippen LogP contribution in [0.5, 0.6) is 5.88 Å². The fourth-order valence-corrected chi connectivity index (χ4v) is 1.91. The average molecular weight is 295 g/mol. The molecule has 2 rings (SSSR count). The third kappa shape index (κ3) is 4.84. The first kappa shape index (κ1) is 17.2. The van der Waals surface area contributed by atoms with Gasteiger partial charge in [-0.2, -0.15) is 4.98 Å². The lowest BCUT2D eigenvalue weighted by Crippen LogP contribution is -2.31. The minimum atomic E-state index is 0. The number of hydrogen-bond donors (Lipinski definition) is 2. The maximum Gasteiger partial charge on any atom is 0.225 e. The lowest BCUT2D eigenvalue weighted by molar-refractivity contribution is 0.141. The molecule has 1 heterocycles. The van der Waals surface area contributed by atoms with Crippen LogP contribution in [0.1, 0.15) is 25.7 Å². The summed E-state index contributed by atoms with van der Waals surface area (Å²) in [5.74, 6) is 1.23. The second-order valence-corrected chi connectivity index (χ2v) is 4.12. The van der Waals surface area contributed by atoms with Crippen LogP contribution in [0.3, 0.4) is 0 Å². The molecule has 104 valence electrons. The summed E-state index contributed by atoms with van der Waals surface area (Å²) in [4.78, 5) is 8.27. The van der Waals surface area contributed by atoms with E-state index in [2.05, 4.69) is 15.3 Å². The van der Waals surface area contributed by atoms with E-state index in [9.17, 15) is 0 Å². The van der Waals surface area contributed by atoms with Crippen molar-refractivity contribution in [2.24, 2.45) is 5.73 Å². The number of hydrogen-bond acceptors (Lipinski definition) is 5. The molecule has 0 aliphatic heterocycles. The Bertz CT molecular complexity index is 346. The quantitative estimate of drug-likeness (QED) is 0.892. The highest BCUT2D eigenvalue weighted by molar-refractivity contribution is 5.85. The van der Waals surface area contributed by atoms with E-state index in [1.807, 2.05) is 0 Å². The first-order valence-electron chi connectivity index (χ1n) is 5.71. The van der Waals surface area contributed by atoms with Crippen LogP contribution in [-0.2, 0) is 0 Å². The number of nitrogens with two attached hydrogens (primary N) is 1. The summed E-state index contributed by atoms with van der Waals surface area (Å²) in [7, 11) is 1.79. The molecule has 0 radical (unpaired) electrons. The lowest BCUT2D eigenvalue weighted by atomic mass is 9.94. The third-order valence-electron chi connectivity index (χ3n) is 2.86. The van der Waals surface area contributed by atoms with Crippen LogP contribution in [-0.4, -0.2) is 29.2 Å². The number of anilines is 1. The van der Waals surface area contributed by atoms with Gasteiger partial charge in [-0.25, -0.2) is 4.98 Å². The molecule has 3 N–H and O–H groups in total. The maximum atomic E-state index is 5.84. The van der Waals surface area contributed by atoms with E-state index in [-0.39, 0.29) is 30.9 Å². The average Bonchev–Trinajstić information content (AvgIpc) is 2.32. The molecule has 1 aromatic rings. The number of nitrogens with one attached hydrogen (secondary N) is 1. The summed E-state index contributed by atoms with van der Waals surface area (Å²) in [6, 6.07) is 2.13. The summed E-state index contributed by atoms with van der Waals surface area (Å²) >= 11 is 0. The standard InChI is InChI=1S/C11H18N4O.2ClH/c1-13-11-14-7-6-10(15-11)16-9-4-2-8(12)3-5-9;;/h6-9H,2-5,12H2,1H3,(H,13,14,15);2*1H. The molecule has 1 aromatic heterocycles. The van der Waals surface area contributed by atoms with E-state index >= 15 is 0 Å². The summed E-state index contributed by atoms with van der Waals surface area (Å²) in [5.41, 5.74) is 5.84. The molecule has 1 aliphatic rings. The fourth-order valence-electron chi connectivity index (χ4n) is 1.91.